The van der Waals surface area contributed by atoms with Gasteiger partial charge in [-0.25, -0.2) is 0 Å². The Labute approximate surface area is 141 Å². The quantitative estimate of drug-likeness (QED) is 0.422. The van der Waals surface area contributed by atoms with E-state index in [-0.39, 0.29) is 41.2 Å². The summed E-state index contributed by atoms with van der Waals surface area (Å²) in [6.07, 6.45) is 0. The van der Waals surface area contributed by atoms with Crippen LogP contribution in [0.2, 0.25) is 0 Å². The van der Waals surface area contributed by atoms with Gasteiger partial charge in [-0.3, -0.25) is 9.59 Å². The number of benzene rings is 2. The predicted molar refractivity (Wildman–Crippen MR) is 89.0 cm³/mol. The maximum atomic E-state index is 12.0. The van der Waals surface area contributed by atoms with Crippen LogP contribution in [0.3, 0.4) is 0 Å². The molecule has 0 amide bonds. The van der Waals surface area contributed by atoms with E-state index in [1.165, 1.54) is 24.3 Å². The largest absolute Gasteiger partial charge is 1.00 e. The maximum Gasteiger partial charge on any atom is 1.00 e. The Morgan fingerprint density at radius 2 is 1.60 bits per heavy atom. The van der Waals surface area contributed by atoms with Gasteiger partial charge in [-0.15, -0.1) is 0 Å². The summed E-state index contributed by atoms with van der Waals surface area (Å²) in [5.41, 5.74) is -0.106. The number of aliphatic carboxylic acids is 1. The van der Waals surface area contributed by atoms with Gasteiger partial charge in [0.1, 0.15) is 28.2 Å². The summed E-state index contributed by atoms with van der Waals surface area (Å²) in [6, 6.07) is 7.37. The van der Waals surface area contributed by atoms with E-state index in [0.717, 1.165) is 19.1 Å². The topological polar surface area (TPSA) is 148 Å². The van der Waals surface area contributed by atoms with Crippen LogP contribution in [0.5, 0.6) is 23.0 Å². The van der Waals surface area contributed by atoms with Gasteiger partial charge in [0.15, 0.2) is 16.9 Å². The van der Waals surface area contributed by atoms with Crippen LogP contribution in [0.4, 0.5) is 0 Å². The molecule has 5 N–H and O–H groups in total. The summed E-state index contributed by atoms with van der Waals surface area (Å²) in [6.45, 7) is 1.08. The first-order chi connectivity index (χ1) is 11.7. The lowest BCUT2D eigenvalue weighted by Gasteiger charge is -2.06. The Morgan fingerprint density at radius 1 is 0.960 bits per heavy atom. The Morgan fingerprint density at radius 3 is 2.20 bits per heavy atom. The molecule has 130 valence electrons. The minimum atomic E-state index is -0.833. The summed E-state index contributed by atoms with van der Waals surface area (Å²) in [5, 5.41) is 45.3. The SMILES string of the molecule is CC(=O)O.O=c1cc(-c2ccc(O)c(O)c2)oc2cc(O)cc(O)c12.[H+]. The van der Waals surface area contributed by atoms with E-state index in [0.29, 0.717) is 5.56 Å². The summed E-state index contributed by atoms with van der Waals surface area (Å²) in [5.74, 6) is -1.97. The van der Waals surface area contributed by atoms with Crippen molar-refractivity contribution in [1.82, 2.24) is 0 Å². The third kappa shape index (κ3) is 3.99. The first-order valence-electron chi connectivity index (χ1n) is 6.90. The standard InChI is InChI=1S/C15H10O6.C2H4O2/c16-8-4-11(19)15-12(20)6-13(21-14(15)5-8)7-1-2-9(17)10(18)3-7;1-2(3)4/h1-6,16-19H;1H3,(H,3,4)/p+1. The molecule has 0 atom stereocenters. The van der Waals surface area contributed by atoms with E-state index in [1.807, 2.05) is 0 Å². The molecule has 8 nitrogen and oxygen atoms in total. The molecule has 0 unspecified atom stereocenters. The zero-order chi connectivity index (χ0) is 18.7. The molecule has 1 aromatic heterocycles. The van der Waals surface area contributed by atoms with Crippen LogP contribution in [0.25, 0.3) is 22.3 Å². The van der Waals surface area contributed by atoms with Gasteiger partial charge < -0.3 is 29.9 Å². The fourth-order valence-electron chi connectivity index (χ4n) is 2.07. The van der Waals surface area contributed by atoms with Crippen molar-refractivity contribution >= 4 is 16.9 Å². The molecule has 3 aromatic rings. The van der Waals surface area contributed by atoms with Crippen molar-refractivity contribution in [3.63, 3.8) is 0 Å². The third-order valence-corrected chi connectivity index (χ3v) is 3.05. The molecule has 0 bridgehead atoms. The van der Waals surface area contributed by atoms with Crippen LogP contribution >= 0.6 is 0 Å². The average molecular weight is 347 g/mol. The highest BCUT2D eigenvalue weighted by molar-refractivity contribution is 5.86. The van der Waals surface area contributed by atoms with Crippen molar-refractivity contribution in [2.45, 2.75) is 6.92 Å². The van der Waals surface area contributed by atoms with E-state index in [2.05, 4.69) is 0 Å². The number of carboxylic acid groups (broad SMARTS) is 1. The third-order valence-electron chi connectivity index (χ3n) is 3.05. The second-order valence-corrected chi connectivity index (χ2v) is 5.04. The van der Waals surface area contributed by atoms with Gasteiger partial charge in [-0.2, -0.15) is 0 Å². The molecule has 0 saturated heterocycles. The molecule has 1 heterocycles. The van der Waals surface area contributed by atoms with Crippen molar-refractivity contribution in [2.75, 3.05) is 0 Å². The summed E-state index contributed by atoms with van der Waals surface area (Å²) >= 11 is 0. The number of rotatable bonds is 1. The number of hydrogen-bond donors (Lipinski definition) is 5. The van der Waals surface area contributed by atoms with Crippen molar-refractivity contribution in [3.05, 3.63) is 46.6 Å². The molecule has 2 aromatic carbocycles. The highest BCUT2D eigenvalue weighted by Gasteiger charge is 2.13. The van der Waals surface area contributed by atoms with Gasteiger partial charge >= 0.3 is 1.43 Å². The van der Waals surface area contributed by atoms with Gasteiger partial charge in [0, 0.05) is 30.7 Å². The van der Waals surface area contributed by atoms with E-state index >= 15 is 0 Å². The normalized spacial score (nSPS) is 10.1. The smallest absolute Gasteiger partial charge is 0.508 e. The lowest BCUT2D eigenvalue weighted by atomic mass is 10.1. The maximum absolute atomic E-state index is 12.0. The molecule has 0 spiro atoms. The monoisotopic (exact) mass is 347 g/mol. The van der Waals surface area contributed by atoms with Gasteiger partial charge in [0.25, 0.3) is 5.97 Å². The van der Waals surface area contributed by atoms with E-state index in [4.69, 9.17) is 14.3 Å². The van der Waals surface area contributed by atoms with Crippen LogP contribution in [0.15, 0.2) is 45.6 Å². The van der Waals surface area contributed by atoms with Crippen molar-refractivity contribution in [1.29, 1.82) is 0 Å². The number of aromatic hydroxyl groups is 4. The zero-order valence-corrected chi connectivity index (χ0v) is 12.9. The van der Waals surface area contributed by atoms with Crippen molar-refractivity contribution < 1.29 is 36.2 Å². The van der Waals surface area contributed by atoms with Crippen LogP contribution in [-0.2, 0) is 4.79 Å². The van der Waals surface area contributed by atoms with Gasteiger partial charge in [0.05, 0.1) is 0 Å². The number of phenolic OH excluding ortho intramolecular Hbond substituents is 4. The Kier molecular flexibility index (Phi) is 4.83. The Bertz CT molecular complexity index is 1010. The van der Waals surface area contributed by atoms with Gasteiger partial charge in [-0.1, -0.05) is 0 Å². The molecule has 0 fully saturated rings. The first kappa shape index (κ1) is 17.7. The second kappa shape index (κ2) is 6.83. The van der Waals surface area contributed by atoms with E-state index < -0.39 is 11.4 Å². The average Bonchev–Trinajstić information content (AvgIpc) is 2.48. The van der Waals surface area contributed by atoms with Gasteiger partial charge in [0.2, 0.25) is 0 Å². The number of carbonyl (C=O) groups is 1. The second-order valence-electron chi connectivity index (χ2n) is 5.04. The minimum absolute atomic E-state index is 0. The molecule has 0 radical (unpaired) electrons. The first-order valence-corrected chi connectivity index (χ1v) is 6.90. The van der Waals surface area contributed by atoms with Gasteiger partial charge in [-0.05, 0) is 18.2 Å². The predicted octanol–water partition coefficient (Wildman–Crippen LogP) is 2.49. The molecule has 0 aliphatic heterocycles. The molecule has 0 aliphatic rings. The summed E-state index contributed by atoms with van der Waals surface area (Å²) in [4.78, 5) is 21.0. The minimum Gasteiger partial charge on any atom is -0.508 e. The zero-order valence-electron chi connectivity index (χ0n) is 13.9. The molecular weight excluding hydrogens is 332 g/mol. The van der Waals surface area contributed by atoms with E-state index in [1.54, 1.807) is 0 Å². The van der Waals surface area contributed by atoms with Crippen LogP contribution in [0, 0.1) is 0 Å². The Balaban J connectivity index is 0.000000616. The van der Waals surface area contributed by atoms with Crippen LogP contribution < -0.4 is 5.43 Å². The molecule has 3 rings (SSSR count). The van der Waals surface area contributed by atoms with E-state index in [9.17, 15) is 25.2 Å². The number of hydrogen-bond acceptors (Lipinski definition) is 7. The molecule has 8 heteroatoms. The molecular formula is C17H15O8+. The number of carboxylic acids is 1. The number of phenols is 4. The molecule has 0 saturated carbocycles. The number of fused-ring (bicyclic) bond motifs is 1. The highest BCUT2D eigenvalue weighted by atomic mass is 16.4. The summed E-state index contributed by atoms with van der Waals surface area (Å²) < 4.78 is 5.47. The Hall–Kier alpha value is -3.68. The van der Waals surface area contributed by atoms with Crippen LogP contribution in [0.1, 0.15) is 8.35 Å². The fraction of sp³-hybridized carbons (Fsp3) is 0.0588. The lowest BCUT2D eigenvalue weighted by Crippen LogP contribution is -2.00. The van der Waals surface area contributed by atoms with Crippen molar-refractivity contribution in [2.24, 2.45) is 0 Å². The molecule has 25 heavy (non-hydrogen) atoms. The van der Waals surface area contributed by atoms with Crippen LogP contribution in [-0.4, -0.2) is 31.5 Å². The highest BCUT2D eigenvalue weighted by Crippen LogP contribution is 2.33. The summed E-state index contributed by atoms with van der Waals surface area (Å²) in [7, 11) is 0. The fourth-order valence-corrected chi connectivity index (χ4v) is 2.07. The lowest BCUT2D eigenvalue weighted by molar-refractivity contribution is -0.134. The molecule has 0 aliphatic carbocycles. The van der Waals surface area contributed by atoms with Crippen molar-refractivity contribution in [3.8, 4) is 34.3 Å².